The third-order valence-corrected chi connectivity index (χ3v) is 6.26. The Bertz CT molecular complexity index is 764. The van der Waals surface area contributed by atoms with Crippen LogP contribution in [0.4, 0.5) is 5.69 Å². The summed E-state index contributed by atoms with van der Waals surface area (Å²) in [5.74, 6) is -1.77. The van der Waals surface area contributed by atoms with Gasteiger partial charge >= 0.3 is 0 Å². The van der Waals surface area contributed by atoms with E-state index in [-0.39, 0.29) is 5.71 Å². The molecule has 1 amide bonds. The summed E-state index contributed by atoms with van der Waals surface area (Å²) in [6.45, 7) is 2.80. The first-order chi connectivity index (χ1) is 11.7. The lowest BCUT2D eigenvalue weighted by atomic mass is 9.89. The summed E-state index contributed by atoms with van der Waals surface area (Å²) in [7, 11) is -4.38. The van der Waals surface area contributed by atoms with E-state index >= 15 is 0 Å². The van der Waals surface area contributed by atoms with Crippen molar-refractivity contribution in [3.8, 4) is 0 Å². The van der Waals surface area contributed by atoms with E-state index in [9.17, 15) is 18.3 Å². The van der Waals surface area contributed by atoms with E-state index in [1.165, 1.54) is 20.8 Å². The molecule has 0 saturated heterocycles. The number of hydrogen-bond acceptors (Lipinski definition) is 7. The second-order valence-corrected chi connectivity index (χ2v) is 8.21. The zero-order valence-corrected chi connectivity index (χ0v) is 15.1. The van der Waals surface area contributed by atoms with Gasteiger partial charge < -0.3 is 10.2 Å². The van der Waals surface area contributed by atoms with Gasteiger partial charge in [-0.1, -0.05) is 18.2 Å². The Morgan fingerprint density at radius 1 is 1.32 bits per heavy atom. The quantitative estimate of drug-likeness (QED) is 0.675. The van der Waals surface area contributed by atoms with E-state index in [0.29, 0.717) is 5.69 Å². The van der Waals surface area contributed by atoms with Crippen LogP contribution in [0.15, 0.2) is 35.4 Å². The van der Waals surface area contributed by atoms with E-state index in [4.69, 9.17) is 9.29 Å². The van der Waals surface area contributed by atoms with Gasteiger partial charge in [0.15, 0.2) is 0 Å². The van der Waals surface area contributed by atoms with E-state index in [2.05, 4.69) is 5.10 Å². The number of hydrogen-bond donors (Lipinski definition) is 2. The number of benzene rings is 1. The van der Waals surface area contributed by atoms with Crippen LogP contribution >= 0.6 is 0 Å². The fourth-order valence-electron chi connectivity index (χ4n) is 2.69. The lowest BCUT2D eigenvalue weighted by Crippen LogP contribution is -2.53. The summed E-state index contributed by atoms with van der Waals surface area (Å²) in [5, 5.41) is 24.1. The normalized spacial score (nSPS) is 21.8. The Labute approximate surface area is 146 Å². The molecule has 9 heteroatoms. The average molecular weight is 370 g/mol. The van der Waals surface area contributed by atoms with Gasteiger partial charge in [-0.2, -0.15) is 13.5 Å². The number of amides is 1. The van der Waals surface area contributed by atoms with Gasteiger partial charge in [-0.05, 0) is 32.9 Å². The highest BCUT2D eigenvalue weighted by Gasteiger charge is 2.55. The largest absolute Gasteiger partial charge is 0.395 e. The molecular formula is C16H22N2O6S. The summed E-state index contributed by atoms with van der Waals surface area (Å²) in [6, 6.07) is 8.59. The first-order valence-corrected chi connectivity index (χ1v) is 9.17. The third kappa shape index (κ3) is 3.45. The molecule has 1 aromatic rings. The molecule has 1 heterocycles. The number of aliphatic hydroxyl groups excluding tert-OH is 2. The van der Waals surface area contributed by atoms with Gasteiger partial charge in [-0.3, -0.25) is 8.98 Å². The minimum Gasteiger partial charge on any atom is -0.395 e. The molecule has 0 radical (unpaired) electrons. The number of para-hydroxylation sites is 1. The fourth-order valence-corrected chi connectivity index (χ4v) is 4.13. The van der Waals surface area contributed by atoms with Crippen LogP contribution in [0.3, 0.4) is 0 Å². The van der Waals surface area contributed by atoms with Gasteiger partial charge in [0.1, 0.15) is 10.7 Å². The van der Waals surface area contributed by atoms with Crippen LogP contribution in [0, 0.1) is 5.92 Å². The van der Waals surface area contributed by atoms with Crippen molar-refractivity contribution in [1.82, 2.24) is 0 Å². The van der Waals surface area contributed by atoms with Gasteiger partial charge in [0.25, 0.3) is 16.0 Å². The molecule has 0 fully saturated rings. The zero-order valence-electron chi connectivity index (χ0n) is 14.3. The van der Waals surface area contributed by atoms with Crippen molar-refractivity contribution in [1.29, 1.82) is 0 Å². The Morgan fingerprint density at radius 2 is 1.92 bits per heavy atom. The Hall–Kier alpha value is -1.81. The molecule has 25 heavy (non-hydrogen) atoms. The summed E-state index contributed by atoms with van der Waals surface area (Å²) >= 11 is 0. The first kappa shape index (κ1) is 19.5. The molecule has 2 rings (SSSR count). The van der Waals surface area contributed by atoms with Gasteiger partial charge in [-0.25, -0.2) is 5.01 Å². The maximum Gasteiger partial charge on any atom is 0.276 e. The second kappa shape index (κ2) is 7.20. The van der Waals surface area contributed by atoms with Crippen molar-refractivity contribution in [2.24, 2.45) is 11.0 Å². The number of rotatable bonds is 7. The molecule has 0 bridgehead atoms. The summed E-state index contributed by atoms with van der Waals surface area (Å²) in [6.07, 6.45) is -0.991. The van der Waals surface area contributed by atoms with Crippen LogP contribution in [0.2, 0.25) is 0 Å². The zero-order chi connectivity index (χ0) is 18.8. The molecule has 1 aliphatic rings. The maximum absolute atomic E-state index is 12.9. The smallest absolute Gasteiger partial charge is 0.276 e. The minimum atomic E-state index is -4.38. The predicted molar refractivity (Wildman–Crippen MR) is 92.6 cm³/mol. The highest BCUT2D eigenvalue weighted by atomic mass is 32.2. The van der Waals surface area contributed by atoms with E-state index in [1.54, 1.807) is 30.3 Å². The molecule has 1 aromatic carbocycles. The molecule has 0 aliphatic carbocycles. The Kier molecular flexibility index (Phi) is 5.62. The van der Waals surface area contributed by atoms with Crippen LogP contribution in [0.1, 0.15) is 20.8 Å². The molecule has 0 spiro atoms. The number of anilines is 1. The van der Waals surface area contributed by atoms with Crippen LogP contribution in [0.25, 0.3) is 0 Å². The molecule has 3 unspecified atom stereocenters. The number of hydrazone groups is 1. The molecule has 0 saturated carbocycles. The van der Waals surface area contributed by atoms with Gasteiger partial charge in [0.2, 0.25) is 0 Å². The molecule has 3 atom stereocenters. The molecule has 2 N–H and O–H groups in total. The minimum absolute atomic E-state index is 0.259. The highest BCUT2D eigenvalue weighted by molar-refractivity contribution is 7.88. The van der Waals surface area contributed by atoms with Crippen LogP contribution in [0.5, 0.6) is 0 Å². The Morgan fingerprint density at radius 3 is 2.44 bits per heavy atom. The van der Waals surface area contributed by atoms with Crippen molar-refractivity contribution < 1.29 is 27.6 Å². The molecule has 1 aliphatic heterocycles. The summed E-state index contributed by atoms with van der Waals surface area (Å²) < 4.78 is 28.3. The van der Waals surface area contributed by atoms with Gasteiger partial charge in [0, 0.05) is 0 Å². The lowest BCUT2D eigenvalue weighted by Gasteiger charge is -2.32. The van der Waals surface area contributed by atoms with E-state index < -0.39 is 46.0 Å². The number of carbonyl (C=O) groups is 1. The third-order valence-electron chi connectivity index (χ3n) is 4.18. The van der Waals surface area contributed by atoms with Crippen LogP contribution in [-0.4, -0.2) is 54.3 Å². The van der Waals surface area contributed by atoms with Crippen molar-refractivity contribution >= 4 is 27.4 Å². The highest BCUT2D eigenvalue weighted by Crippen LogP contribution is 2.36. The number of nitrogens with zero attached hydrogens (tertiary/aromatic N) is 2. The molecule has 0 aromatic heterocycles. The lowest BCUT2D eigenvalue weighted by molar-refractivity contribution is -0.120. The van der Waals surface area contributed by atoms with Crippen molar-refractivity contribution in [2.75, 3.05) is 18.2 Å². The summed E-state index contributed by atoms with van der Waals surface area (Å²) in [4.78, 5) is 12.9. The van der Waals surface area contributed by atoms with Crippen LogP contribution in [-0.2, 0) is 19.1 Å². The maximum atomic E-state index is 12.9. The van der Waals surface area contributed by atoms with E-state index in [1.807, 2.05) is 0 Å². The van der Waals surface area contributed by atoms with Crippen molar-refractivity contribution in [3.63, 3.8) is 0 Å². The first-order valence-electron chi connectivity index (χ1n) is 7.76. The number of carbonyl (C=O) groups excluding carboxylic acids is 1. The standard InChI is InChI=1S/C16H22N2O6S/c1-11(9-19)24-25(22,23)16(3,10-20)14-12(2)17-18(15(14)21)13-7-5-4-6-8-13/h4-8,11,14,19-20H,9-10H2,1-3H3. The molecular weight excluding hydrogens is 348 g/mol. The predicted octanol–water partition coefficient (Wildman–Crippen LogP) is 0.503. The molecule has 8 nitrogen and oxygen atoms in total. The SMILES string of the molecule is CC1=NN(c2ccccc2)C(=O)C1C(C)(CO)S(=O)(=O)OC(C)CO. The van der Waals surface area contributed by atoms with Gasteiger partial charge in [0.05, 0.1) is 30.7 Å². The molecule has 138 valence electrons. The summed E-state index contributed by atoms with van der Waals surface area (Å²) in [5.41, 5.74) is 0.755. The Balaban J connectivity index is 2.41. The van der Waals surface area contributed by atoms with E-state index in [0.717, 1.165) is 5.01 Å². The van der Waals surface area contributed by atoms with Crippen LogP contribution < -0.4 is 5.01 Å². The fraction of sp³-hybridized carbons (Fsp3) is 0.500. The van der Waals surface area contributed by atoms with Crippen molar-refractivity contribution in [3.05, 3.63) is 30.3 Å². The van der Waals surface area contributed by atoms with Gasteiger partial charge in [-0.15, -0.1) is 0 Å². The average Bonchev–Trinajstić information content (AvgIpc) is 2.89. The number of aliphatic hydroxyl groups is 2. The second-order valence-electron chi connectivity index (χ2n) is 6.17. The topological polar surface area (TPSA) is 116 Å². The monoisotopic (exact) mass is 370 g/mol. The van der Waals surface area contributed by atoms with Crippen molar-refractivity contribution in [2.45, 2.75) is 31.6 Å².